The topological polar surface area (TPSA) is 69.6 Å². The Morgan fingerprint density at radius 3 is 2.86 bits per heavy atom. The molecule has 0 fully saturated rings. The van der Waals surface area contributed by atoms with E-state index in [4.69, 9.17) is 9.26 Å². The monoisotopic (exact) mass is 393 g/mol. The molecule has 0 atom stereocenters. The summed E-state index contributed by atoms with van der Waals surface area (Å²) in [5.41, 5.74) is 4.02. The molecule has 0 unspecified atom stereocenters. The van der Waals surface area contributed by atoms with Crippen LogP contribution in [0.25, 0.3) is 5.65 Å². The number of rotatable bonds is 6. The molecule has 0 saturated carbocycles. The third-order valence-electron chi connectivity index (χ3n) is 4.23. The Bertz CT molecular complexity index is 1130. The molecule has 4 rings (SSSR count). The highest BCUT2D eigenvalue weighted by Crippen LogP contribution is 2.27. The number of carbonyl (C=O) groups is 1. The van der Waals surface area contributed by atoms with Crippen molar-refractivity contribution in [1.82, 2.24) is 14.5 Å². The molecule has 0 aliphatic carbocycles. The number of esters is 1. The third kappa shape index (κ3) is 3.94. The smallest absolute Gasteiger partial charge is 0.339 e. The highest BCUT2D eigenvalue weighted by Gasteiger charge is 2.15. The molecule has 0 aliphatic rings. The van der Waals surface area contributed by atoms with Gasteiger partial charge in [-0.15, -0.1) is 11.8 Å². The van der Waals surface area contributed by atoms with Crippen molar-refractivity contribution < 1.29 is 14.1 Å². The van der Waals surface area contributed by atoms with Crippen LogP contribution in [0.4, 0.5) is 0 Å². The Morgan fingerprint density at radius 1 is 1.21 bits per heavy atom. The Balaban J connectivity index is 1.44. The van der Waals surface area contributed by atoms with Gasteiger partial charge < -0.3 is 13.7 Å². The molecule has 0 bridgehead atoms. The first kappa shape index (κ1) is 18.3. The molecule has 7 heteroatoms. The number of carbonyl (C=O) groups excluding carboxylic acids is 1. The molecule has 4 aromatic rings. The molecule has 28 heavy (non-hydrogen) atoms. The SMILES string of the molecule is Cc1cc(CSc2ccccc2C(=O)OCc2cn3cccc(C)c3n2)on1. The van der Waals surface area contributed by atoms with Crippen LogP contribution in [0.2, 0.25) is 0 Å². The lowest BCUT2D eigenvalue weighted by molar-refractivity contribution is 0.0464. The van der Waals surface area contributed by atoms with Crippen molar-refractivity contribution in [1.29, 1.82) is 0 Å². The second-order valence-corrected chi connectivity index (χ2v) is 7.47. The maximum absolute atomic E-state index is 12.6. The van der Waals surface area contributed by atoms with E-state index in [1.165, 1.54) is 11.8 Å². The van der Waals surface area contributed by atoms with Gasteiger partial charge >= 0.3 is 5.97 Å². The molecule has 0 spiro atoms. The second kappa shape index (κ2) is 7.90. The number of nitrogens with zero attached hydrogens (tertiary/aromatic N) is 3. The Morgan fingerprint density at radius 2 is 2.07 bits per heavy atom. The number of pyridine rings is 1. The molecular formula is C21H19N3O3S. The Hall–Kier alpha value is -3.06. The van der Waals surface area contributed by atoms with E-state index in [1.54, 1.807) is 6.07 Å². The average molecular weight is 393 g/mol. The molecular weight excluding hydrogens is 374 g/mol. The van der Waals surface area contributed by atoms with Crippen molar-refractivity contribution in [3.05, 3.63) is 83.1 Å². The largest absolute Gasteiger partial charge is 0.455 e. The summed E-state index contributed by atoms with van der Waals surface area (Å²) in [5.74, 6) is 0.994. The van der Waals surface area contributed by atoms with Crippen molar-refractivity contribution in [2.75, 3.05) is 0 Å². The lowest BCUT2D eigenvalue weighted by Crippen LogP contribution is -2.07. The number of fused-ring (bicyclic) bond motifs is 1. The first-order chi connectivity index (χ1) is 13.6. The van der Waals surface area contributed by atoms with Crippen molar-refractivity contribution in [3.63, 3.8) is 0 Å². The number of aromatic nitrogens is 3. The fourth-order valence-electron chi connectivity index (χ4n) is 2.89. The number of hydrogen-bond acceptors (Lipinski definition) is 6. The Labute approximate surface area is 166 Å². The zero-order valence-corrected chi connectivity index (χ0v) is 16.4. The summed E-state index contributed by atoms with van der Waals surface area (Å²) < 4.78 is 12.7. The summed E-state index contributed by atoms with van der Waals surface area (Å²) in [6.07, 6.45) is 3.81. The minimum absolute atomic E-state index is 0.125. The van der Waals surface area contributed by atoms with E-state index < -0.39 is 0 Å². The van der Waals surface area contributed by atoms with E-state index in [0.717, 1.165) is 27.6 Å². The standard InChI is InChI=1S/C21H19N3O3S/c1-14-6-5-9-24-11-16(22-20(14)24)12-26-21(25)18-7-3-4-8-19(18)28-13-17-10-15(2)23-27-17/h3-11H,12-13H2,1-2H3. The van der Waals surface area contributed by atoms with E-state index in [-0.39, 0.29) is 12.6 Å². The molecule has 3 heterocycles. The van der Waals surface area contributed by atoms with E-state index in [9.17, 15) is 4.79 Å². The van der Waals surface area contributed by atoms with Gasteiger partial charge in [0.05, 0.1) is 22.7 Å². The molecule has 1 aromatic carbocycles. The number of aryl methyl sites for hydroxylation is 2. The first-order valence-electron chi connectivity index (χ1n) is 8.84. The van der Waals surface area contributed by atoms with Gasteiger partial charge in [-0.25, -0.2) is 9.78 Å². The van der Waals surface area contributed by atoms with E-state index >= 15 is 0 Å². The Kier molecular flexibility index (Phi) is 5.16. The van der Waals surface area contributed by atoms with Gasteiger partial charge in [-0.1, -0.05) is 23.4 Å². The zero-order chi connectivity index (χ0) is 19.5. The maximum atomic E-state index is 12.6. The quantitative estimate of drug-likeness (QED) is 0.353. The van der Waals surface area contributed by atoms with Crippen LogP contribution in [0, 0.1) is 13.8 Å². The summed E-state index contributed by atoms with van der Waals surface area (Å²) in [7, 11) is 0. The predicted octanol–water partition coefficient (Wildman–Crippen LogP) is 4.59. The zero-order valence-electron chi connectivity index (χ0n) is 15.6. The number of hydrogen-bond donors (Lipinski definition) is 0. The normalized spacial score (nSPS) is 11.1. The van der Waals surface area contributed by atoms with Gasteiger partial charge in [-0.05, 0) is 37.6 Å². The van der Waals surface area contributed by atoms with Gasteiger partial charge in [0.25, 0.3) is 0 Å². The molecule has 3 aromatic heterocycles. The van der Waals surface area contributed by atoms with Crippen LogP contribution in [-0.2, 0) is 17.1 Å². The predicted molar refractivity (Wildman–Crippen MR) is 106 cm³/mol. The van der Waals surface area contributed by atoms with Gasteiger partial charge in [0.1, 0.15) is 18.0 Å². The lowest BCUT2D eigenvalue weighted by atomic mass is 10.2. The van der Waals surface area contributed by atoms with Crippen LogP contribution in [0.15, 0.2) is 64.3 Å². The summed E-state index contributed by atoms with van der Waals surface area (Å²) in [5, 5.41) is 3.88. The maximum Gasteiger partial charge on any atom is 0.339 e. The first-order valence-corrected chi connectivity index (χ1v) is 9.83. The number of thioether (sulfide) groups is 1. The summed E-state index contributed by atoms with van der Waals surface area (Å²) in [4.78, 5) is 18.0. The number of benzene rings is 1. The van der Waals surface area contributed by atoms with Crippen molar-refractivity contribution in [2.45, 2.75) is 31.1 Å². The number of imidazole rings is 1. The molecule has 0 amide bonds. The van der Waals surface area contributed by atoms with Gasteiger partial charge in [0, 0.05) is 23.4 Å². The fraction of sp³-hybridized carbons (Fsp3) is 0.190. The molecule has 6 nitrogen and oxygen atoms in total. The van der Waals surface area contributed by atoms with Crippen LogP contribution < -0.4 is 0 Å². The van der Waals surface area contributed by atoms with Crippen molar-refractivity contribution in [2.24, 2.45) is 0 Å². The van der Waals surface area contributed by atoms with Crippen molar-refractivity contribution >= 4 is 23.4 Å². The van der Waals surface area contributed by atoms with Gasteiger partial charge in [-0.2, -0.15) is 0 Å². The van der Waals surface area contributed by atoms with Gasteiger partial charge in [0.15, 0.2) is 0 Å². The number of ether oxygens (including phenoxy) is 1. The van der Waals surface area contributed by atoms with Gasteiger partial charge in [-0.3, -0.25) is 0 Å². The van der Waals surface area contributed by atoms with Crippen LogP contribution in [0.3, 0.4) is 0 Å². The lowest BCUT2D eigenvalue weighted by Gasteiger charge is -2.08. The van der Waals surface area contributed by atoms with E-state index in [0.29, 0.717) is 17.0 Å². The van der Waals surface area contributed by atoms with E-state index in [2.05, 4.69) is 10.1 Å². The minimum Gasteiger partial charge on any atom is -0.455 e. The molecule has 142 valence electrons. The fourth-order valence-corrected chi connectivity index (χ4v) is 3.80. The van der Waals surface area contributed by atoms with Crippen LogP contribution >= 0.6 is 11.8 Å². The summed E-state index contributed by atoms with van der Waals surface area (Å²) in [6.45, 7) is 4.01. The van der Waals surface area contributed by atoms with Crippen LogP contribution in [0.1, 0.15) is 33.1 Å². The highest BCUT2D eigenvalue weighted by molar-refractivity contribution is 7.98. The molecule has 0 saturated heterocycles. The second-order valence-electron chi connectivity index (χ2n) is 6.45. The average Bonchev–Trinajstić information content (AvgIpc) is 3.31. The molecule has 0 aliphatic heterocycles. The third-order valence-corrected chi connectivity index (χ3v) is 5.33. The minimum atomic E-state index is -0.370. The van der Waals surface area contributed by atoms with Crippen molar-refractivity contribution in [3.8, 4) is 0 Å². The summed E-state index contributed by atoms with van der Waals surface area (Å²) >= 11 is 1.51. The molecule has 0 radical (unpaired) electrons. The van der Waals surface area contributed by atoms with Gasteiger partial charge in [0.2, 0.25) is 0 Å². The highest BCUT2D eigenvalue weighted by atomic mass is 32.2. The molecule has 0 N–H and O–H groups in total. The summed E-state index contributed by atoms with van der Waals surface area (Å²) in [6, 6.07) is 13.2. The van der Waals surface area contributed by atoms with E-state index in [1.807, 2.05) is 67.0 Å². The van der Waals surface area contributed by atoms with Crippen LogP contribution in [0.5, 0.6) is 0 Å². The van der Waals surface area contributed by atoms with Crippen LogP contribution in [-0.4, -0.2) is 20.5 Å².